The van der Waals surface area contributed by atoms with Crippen molar-refractivity contribution in [2.24, 2.45) is 5.92 Å². The van der Waals surface area contributed by atoms with Crippen molar-refractivity contribution < 1.29 is 23.5 Å². The van der Waals surface area contributed by atoms with Crippen LogP contribution >= 0.6 is 11.3 Å². The van der Waals surface area contributed by atoms with Gasteiger partial charge in [-0.25, -0.2) is 4.39 Å². The van der Waals surface area contributed by atoms with Crippen molar-refractivity contribution >= 4 is 23.2 Å². The van der Waals surface area contributed by atoms with Gasteiger partial charge in [0.2, 0.25) is 5.91 Å². The maximum Gasteiger partial charge on any atom is 0.254 e. The Bertz CT molecular complexity index is 1130. The van der Waals surface area contributed by atoms with E-state index in [1.807, 2.05) is 49.6 Å². The summed E-state index contributed by atoms with van der Waals surface area (Å²) in [4.78, 5) is 31.1. The van der Waals surface area contributed by atoms with Crippen molar-refractivity contribution in [2.45, 2.75) is 26.8 Å². The van der Waals surface area contributed by atoms with Crippen LogP contribution in [0, 0.1) is 11.7 Å². The predicted molar refractivity (Wildman–Crippen MR) is 140 cm³/mol. The van der Waals surface area contributed by atoms with E-state index in [-0.39, 0.29) is 24.3 Å². The van der Waals surface area contributed by atoms with Gasteiger partial charge in [-0.2, -0.15) is 0 Å². The fourth-order valence-electron chi connectivity index (χ4n) is 3.88. The molecule has 0 atom stereocenters. The number of hydrogen-bond donors (Lipinski definition) is 0. The van der Waals surface area contributed by atoms with E-state index in [9.17, 15) is 14.0 Å². The lowest BCUT2D eigenvalue weighted by molar-refractivity contribution is -0.132. The monoisotopic (exact) mass is 512 g/mol. The Kier molecular flexibility index (Phi) is 9.87. The molecule has 1 aromatic heterocycles. The number of rotatable bonds is 12. The number of methoxy groups -OCH3 is 2. The van der Waals surface area contributed by atoms with E-state index in [0.29, 0.717) is 43.1 Å². The molecule has 0 fully saturated rings. The second-order valence-corrected chi connectivity index (χ2v) is 9.95. The van der Waals surface area contributed by atoms with Crippen molar-refractivity contribution in [3.63, 3.8) is 0 Å². The molecular formula is C28H33FN2O4S. The maximum atomic E-state index is 13.5. The van der Waals surface area contributed by atoms with Gasteiger partial charge >= 0.3 is 0 Å². The number of ether oxygens (including phenoxy) is 2. The van der Waals surface area contributed by atoms with Crippen molar-refractivity contribution in [3.05, 3.63) is 81.8 Å². The third kappa shape index (κ3) is 7.55. The minimum absolute atomic E-state index is 0.0499. The number of nitrogens with zero attached hydrogens (tertiary/aromatic N) is 2. The van der Waals surface area contributed by atoms with E-state index in [1.165, 1.54) is 24.3 Å². The molecule has 6 nitrogen and oxygen atoms in total. The number of benzene rings is 2. The molecule has 2 aromatic carbocycles. The van der Waals surface area contributed by atoms with Crippen LogP contribution in [0.2, 0.25) is 0 Å². The molecule has 0 saturated heterocycles. The molecule has 0 radical (unpaired) electrons. The first-order chi connectivity index (χ1) is 17.3. The molecule has 3 rings (SSSR count). The molecule has 0 N–H and O–H groups in total. The van der Waals surface area contributed by atoms with Gasteiger partial charge in [0.1, 0.15) is 12.4 Å². The zero-order valence-corrected chi connectivity index (χ0v) is 22.0. The second-order valence-electron chi connectivity index (χ2n) is 8.92. The third-order valence-corrected chi connectivity index (χ3v) is 6.55. The summed E-state index contributed by atoms with van der Waals surface area (Å²) < 4.78 is 24.1. The number of carbonyl (C=O) groups excluding carboxylic acids is 2. The van der Waals surface area contributed by atoms with Gasteiger partial charge in [0.25, 0.3) is 5.91 Å². The zero-order chi connectivity index (χ0) is 26.1. The van der Waals surface area contributed by atoms with E-state index in [0.717, 1.165) is 10.4 Å². The van der Waals surface area contributed by atoms with Crippen LogP contribution in [0.25, 0.3) is 0 Å². The molecule has 0 saturated carbocycles. The van der Waals surface area contributed by atoms with Crippen LogP contribution in [0.5, 0.6) is 11.5 Å². The molecular weight excluding hydrogens is 479 g/mol. The molecule has 0 aliphatic rings. The van der Waals surface area contributed by atoms with E-state index < -0.39 is 5.82 Å². The lowest BCUT2D eigenvalue weighted by Gasteiger charge is -2.29. The molecule has 0 aliphatic carbocycles. The first kappa shape index (κ1) is 27.2. The first-order valence-electron chi connectivity index (χ1n) is 11.9. The molecule has 1 heterocycles. The number of halogens is 1. The summed E-state index contributed by atoms with van der Waals surface area (Å²) in [6.45, 7) is 5.30. The minimum Gasteiger partial charge on any atom is -0.493 e. The topological polar surface area (TPSA) is 59.1 Å². The van der Waals surface area contributed by atoms with Gasteiger partial charge in [-0.3, -0.25) is 9.59 Å². The van der Waals surface area contributed by atoms with Crippen molar-refractivity contribution in [1.29, 1.82) is 0 Å². The molecule has 3 aromatic rings. The van der Waals surface area contributed by atoms with Gasteiger partial charge in [0.05, 0.1) is 20.8 Å². The van der Waals surface area contributed by atoms with Gasteiger partial charge in [0, 0.05) is 23.5 Å². The Morgan fingerprint density at radius 1 is 0.972 bits per heavy atom. The standard InChI is InChI=1S/C28H33FN2O4S/c1-20(2)17-31(28(33)22-8-10-23(29)11-9-22)19-27(32)30(18-24-6-5-15-36-24)14-13-21-7-12-25(34-3)26(16-21)35-4/h5-12,15-16,20H,13-14,17-19H2,1-4H3. The fraction of sp³-hybridized carbons (Fsp3) is 0.357. The number of hydrogen-bond acceptors (Lipinski definition) is 5. The van der Waals surface area contributed by atoms with Crippen LogP contribution in [0.1, 0.15) is 34.6 Å². The first-order valence-corrected chi connectivity index (χ1v) is 12.7. The highest BCUT2D eigenvalue weighted by molar-refractivity contribution is 7.09. The summed E-state index contributed by atoms with van der Waals surface area (Å²) >= 11 is 1.59. The second kappa shape index (κ2) is 13.1. The van der Waals surface area contributed by atoms with E-state index >= 15 is 0 Å². The van der Waals surface area contributed by atoms with Gasteiger partial charge in [-0.15, -0.1) is 11.3 Å². The van der Waals surface area contributed by atoms with Crippen LogP contribution in [0.4, 0.5) is 4.39 Å². The number of amides is 2. The normalized spacial score (nSPS) is 10.8. The maximum absolute atomic E-state index is 13.5. The number of thiophene rings is 1. The fourth-order valence-corrected chi connectivity index (χ4v) is 4.60. The summed E-state index contributed by atoms with van der Waals surface area (Å²) in [5, 5.41) is 1.98. The summed E-state index contributed by atoms with van der Waals surface area (Å²) in [5.41, 5.74) is 1.37. The van der Waals surface area contributed by atoms with Gasteiger partial charge in [-0.05, 0) is 65.7 Å². The summed E-state index contributed by atoms with van der Waals surface area (Å²) in [6.07, 6.45) is 0.619. The van der Waals surface area contributed by atoms with Crippen LogP contribution in [0.3, 0.4) is 0 Å². The summed E-state index contributed by atoms with van der Waals surface area (Å²) in [6, 6.07) is 15.1. The quantitative estimate of drug-likeness (QED) is 0.332. The highest BCUT2D eigenvalue weighted by Gasteiger charge is 2.24. The minimum atomic E-state index is -0.407. The van der Waals surface area contributed by atoms with Crippen molar-refractivity contribution in [1.82, 2.24) is 9.80 Å². The van der Waals surface area contributed by atoms with E-state index in [4.69, 9.17) is 9.47 Å². The van der Waals surface area contributed by atoms with Crippen LogP contribution in [-0.4, -0.2) is 55.5 Å². The Balaban J connectivity index is 1.77. The lowest BCUT2D eigenvalue weighted by Crippen LogP contribution is -2.44. The third-order valence-electron chi connectivity index (χ3n) is 5.69. The molecule has 0 unspecified atom stereocenters. The molecule has 0 aliphatic heterocycles. The SMILES string of the molecule is COc1ccc(CCN(Cc2cccs2)C(=O)CN(CC(C)C)C(=O)c2ccc(F)cc2)cc1OC. The zero-order valence-electron chi connectivity index (χ0n) is 21.2. The van der Waals surface area contributed by atoms with Crippen LogP contribution in [0.15, 0.2) is 60.0 Å². The van der Waals surface area contributed by atoms with E-state index in [2.05, 4.69) is 0 Å². The highest BCUT2D eigenvalue weighted by Crippen LogP contribution is 2.28. The average molecular weight is 513 g/mol. The van der Waals surface area contributed by atoms with E-state index in [1.54, 1.807) is 35.4 Å². The smallest absolute Gasteiger partial charge is 0.254 e. The van der Waals surface area contributed by atoms with Gasteiger partial charge < -0.3 is 19.3 Å². The molecule has 0 bridgehead atoms. The highest BCUT2D eigenvalue weighted by atomic mass is 32.1. The number of carbonyl (C=O) groups is 2. The Hall–Kier alpha value is -3.39. The molecule has 36 heavy (non-hydrogen) atoms. The van der Waals surface area contributed by atoms with Crippen LogP contribution < -0.4 is 9.47 Å². The molecule has 2 amide bonds. The average Bonchev–Trinajstić information content (AvgIpc) is 3.38. The van der Waals surface area contributed by atoms with Crippen LogP contribution in [-0.2, 0) is 17.8 Å². The Labute approximate surface area is 216 Å². The van der Waals surface area contributed by atoms with Crippen molar-refractivity contribution in [2.75, 3.05) is 33.9 Å². The molecule has 0 spiro atoms. The summed E-state index contributed by atoms with van der Waals surface area (Å²) in [5.74, 6) is 0.624. The Morgan fingerprint density at radius 3 is 2.31 bits per heavy atom. The van der Waals surface area contributed by atoms with Crippen molar-refractivity contribution in [3.8, 4) is 11.5 Å². The Morgan fingerprint density at radius 2 is 1.69 bits per heavy atom. The van der Waals surface area contributed by atoms with Gasteiger partial charge in [0.15, 0.2) is 11.5 Å². The summed E-state index contributed by atoms with van der Waals surface area (Å²) in [7, 11) is 3.19. The predicted octanol–water partition coefficient (Wildman–Crippen LogP) is 5.27. The molecule has 8 heteroatoms. The van der Waals surface area contributed by atoms with Gasteiger partial charge in [-0.1, -0.05) is 26.0 Å². The largest absolute Gasteiger partial charge is 0.493 e. The lowest BCUT2D eigenvalue weighted by atomic mass is 10.1. The molecule has 192 valence electrons.